The van der Waals surface area contributed by atoms with Gasteiger partial charge in [0.2, 0.25) is 27.6 Å². The molecule has 9 heteroatoms. The first kappa shape index (κ1) is 18.1. The summed E-state index contributed by atoms with van der Waals surface area (Å²) in [6.45, 7) is 0. The van der Waals surface area contributed by atoms with Gasteiger partial charge >= 0.3 is 0 Å². The number of nitrogens with one attached hydrogen (secondary N) is 2. The van der Waals surface area contributed by atoms with E-state index in [2.05, 4.69) is 20.2 Å². The van der Waals surface area contributed by atoms with Gasteiger partial charge in [-0.25, -0.2) is 13.1 Å². The minimum Gasteiger partial charge on any atom is -0.359 e. The molecule has 0 aliphatic heterocycles. The number of sulfonamides is 1. The van der Waals surface area contributed by atoms with Gasteiger partial charge in [0.15, 0.2) is 0 Å². The van der Waals surface area contributed by atoms with Crippen molar-refractivity contribution < 1.29 is 17.7 Å². The van der Waals surface area contributed by atoms with Crippen LogP contribution in [-0.4, -0.2) is 42.8 Å². The molecule has 144 valence electrons. The molecule has 2 aromatic rings. The van der Waals surface area contributed by atoms with Gasteiger partial charge in [-0.15, -0.1) is 0 Å². The fraction of sp³-hybridized carbons (Fsp3) is 0.500. The van der Waals surface area contributed by atoms with Crippen LogP contribution in [-0.2, 0) is 14.8 Å². The highest BCUT2D eigenvalue weighted by molar-refractivity contribution is 7.90. The summed E-state index contributed by atoms with van der Waals surface area (Å²) in [5.74, 6) is 0.0993. The van der Waals surface area contributed by atoms with Gasteiger partial charge < -0.3 is 9.84 Å². The molecular formula is C18H22N4O4S. The molecule has 3 atom stereocenters. The van der Waals surface area contributed by atoms with Crippen molar-refractivity contribution in [2.24, 2.45) is 5.92 Å². The summed E-state index contributed by atoms with van der Waals surface area (Å²) >= 11 is 0. The van der Waals surface area contributed by atoms with Crippen molar-refractivity contribution in [2.45, 2.75) is 42.9 Å². The second-order valence-corrected chi connectivity index (χ2v) is 9.17. The largest absolute Gasteiger partial charge is 0.359 e. The summed E-state index contributed by atoms with van der Waals surface area (Å²) in [5.41, 5.74) is 0.823. The lowest BCUT2D eigenvalue weighted by atomic mass is 10.0. The van der Waals surface area contributed by atoms with Gasteiger partial charge in [-0.05, 0) is 25.7 Å². The van der Waals surface area contributed by atoms with E-state index >= 15 is 0 Å². The van der Waals surface area contributed by atoms with Gasteiger partial charge in [0, 0.05) is 24.6 Å². The van der Waals surface area contributed by atoms with E-state index in [4.69, 9.17) is 4.52 Å². The maximum Gasteiger partial charge on any atom is 0.231 e. The Labute approximate surface area is 157 Å². The SMILES string of the molecule is CNC(=O)[C@H]1C[C@H](NS(=O)(=O)C2CC2)[C@H](c2nc(-c3ccccc3)no2)C1. The van der Waals surface area contributed by atoms with Crippen LogP contribution in [0.3, 0.4) is 0 Å². The molecule has 27 heavy (non-hydrogen) atoms. The van der Waals surface area contributed by atoms with Crippen LogP contribution in [0.15, 0.2) is 34.9 Å². The molecule has 8 nitrogen and oxygen atoms in total. The molecule has 2 N–H and O–H groups in total. The van der Waals surface area contributed by atoms with E-state index in [1.54, 1.807) is 7.05 Å². The number of benzene rings is 1. The van der Waals surface area contributed by atoms with Crippen LogP contribution in [0.4, 0.5) is 0 Å². The molecule has 0 saturated heterocycles. The maximum atomic E-state index is 12.4. The molecule has 1 amide bonds. The topological polar surface area (TPSA) is 114 Å². The number of carbonyl (C=O) groups excluding carboxylic acids is 1. The zero-order valence-electron chi connectivity index (χ0n) is 15.0. The quantitative estimate of drug-likeness (QED) is 0.771. The van der Waals surface area contributed by atoms with E-state index in [0.29, 0.717) is 37.4 Å². The Hall–Kier alpha value is -2.26. The third-order valence-corrected chi connectivity index (χ3v) is 7.23. The Morgan fingerprint density at radius 3 is 2.59 bits per heavy atom. The maximum absolute atomic E-state index is 12.4. The van der Waals surface area contributed by atoms with E-state index in [1.807, 2.05) is 30.3 Å². The lowest BCUT2D eigenvalue weighted by Gasteiger charge is -2.17. The van der Waals surface area contributed by atoms with Gasteiger partial charge in [-0.3, -0.25) is 4.79 Å². The fourth-order valence-electron chi connectivity index (χ4n) is 3.64. The van der Waals surface area contributed by atoms with Crippen molar-refractivity contribution >= 4 is 15.9 Å². The van der Waals surface area contributed by atoms with Gasteiger partial charge in [0.05, 0.1) is 11.2 Å². The summed E-state index contributed by atoms with van der Waals surface area (Å²) in [6, 6.07) is 9.00. The summed E-state index contributed by atoms with van der Waals surface area (Å²) in [6.07, 6.45) is 2.25. The Balaban J connectivity index is 1.59. The summed E-state index contributed by atoms with van der Waals surface area (Å²) in [7, 11) is -1.80. The zero-order valence-corrected chi connectivity index (χ0v) is 15.8. The van der Waals surface area contributed by atoms with E-state index in [1.165, 1.54) is 0 Å². The molecule has 1 aromatic carbocycles. The summed E-state index contributed by atoms with van der Waals surface area (Å²) < 4.78 is 33.1. The predicted octanol–water partition coefficient (Wildman–Crippen LogP) is 1.43. The van der Waals surface area contributed by atoms with Crippen molar-refractivity contribution in [2.75, 3.05) is 7.05 Å². The van der Waals surface area contributed by atoms with Crippen molar-refractivity contribution in [1.29, 1.82) is 0 Å². The molecule has 0 spiro atoms. The lowest BCUT2D eigenvalue weighted by Crippen LogP contribution is -2.39. The van der Waals surface area contributed by atoms with E-state index < -0.39 is 16.1 Å². The van der Waals surface area contributed by atoms with Crippen LogP contribution in [0, 0.1) is 5.92 Å². The highest BCUT2D eigenvalue weighted by Gasteiger charge is 2.45. The molecule has 4 rings (SSSR count). The molecule has 2 saturated carbocycles. The summed E-state index contributed by atoms with van der Waals surface area (Å²) in [4.78, 5) is 16.6. The van der Waals surface area contributed by atoms with E-state index in [-0.39, 0.29) is 23.0 Å². The third-order valence-electron chi connectivity index (χ3n) is 5.25. The first-order chi connectivity index (χ1) is 13.0. The molecular weight excluding hydrogens is 368 g/mol. The smallest absolute Gasteiger partial charge is 0.231 e. The molecule has 2 aliphatic carbocycles. The highest BCUT2D eigenvalue weighted by Crippen LogP contribution is 2.40. The highest BCUT2D eigenvalue weighted by atomic mass is 32.2. The fourth-order valence-corrected chi connectivity index (χ4v) is 5.27. The molecule has 0 radical (unpaired) electrons. The lowest BCUT2D eigenvalue weighted by molar-refractivity contribution is -0.124. The average molecular weight is 390 g/mol. The van der Waals surface area contributed by atoms with Crippen molar-refractivity contribution in [1.82, 2.24) is 20.2 Å². The standard InChI is InChI=1S/C18H22N4O4S/c1-19-17(23)12-9-14(15(10-12)22-27(24,25)13-7-8-13)18-20-16(21-26-18)11-5-3-2-4-6-11/h2-6,12-15,22H,7-10H2,1H3,(H,19,23)/t12-,14-,15+/m1/s1. The second-order valence-electron chi connectivity index (χ2n) is 7.18. The molecule has 2 aliphatic rings. The van der Waals surface area contributed by atoms with Gasteiger partial charge in [0.25, 0.3) is 0 Å². The minimum atomic E-state index is -3.38. The van der Waals surface area contributed by atoms with Gasteiger partial charge in [-0.2, -0.15) is 4.98 Å². The number of hydrogen-bond donors (Lipinski definition) is 2. The normalized spacial score (nSPS) is 25.4. The van der Waals surface area contributed by atoms with Crippen molar-refractivity contribution in [3.05, 3.63) is 36.2 Å². The van der Waals surface area contributed by atoms with Crippen LogP contribution in [0.25, 0.3) is 11.4 Å². The first-order valence-electron chi connectivity index (χ1n) is 9.09. The summed E-state index contributed by atoms with van der Waals surface area (Å²) in [5, 5.41) is 6.36. The Kier molecular flexibility index (Phi) is 4.73. The predicted molar refractivity (Wildman–Crippen MR) is 98.1 cm³/mol. The first-order valence-corrected chi connectivity index (χ1v) is 10.6. The minimum absolute atomic E-state index is 0.101. The van der Waals surface area contributed by atoms with E-state index in [9.17, 15) is 13.2 Å². The second kappa shape index (κ2) is 7.05. The van der Waals surface area contributed by atoms with Crippen molar-refractivity contribution in [3.8, 4) is 11.4 Å². The average Bonchev–Trinajstić information content (AvgIpc) is 3.30. The van der Waals surface area contributed by atoms with Gasteiger partial charge in [0.1, 0.15) is 0 Å². The monoisotopic (exact) mass is 390 g/mol. The number of rotatable bonds is 6. The zero-order chi connectivity index (χ0) is 19.0. The number of hydrogen-bond acceptors (Lipinski definition) is 6. The molecule has 2 fully saturated rings. The Bertz CT molecular complexity index is 924. The molecule has 0 bridgehead atoms. The van der Waals surface area contributed by atoms with Crippen LogP contribution < -0.4 is 10.0 Å². The Morgan fingerprint density at radius 2 is 1.93 bits per heavy atom. The molecule has 0 unspecified atom stereocenters. The number of nitrogens with zero attached hydrogens (tertiary/aromatic N) is 2. The van der Waals surface area contributed by atoms with Crippen molar-refractivity contribution in [3.63, 3.8) is 0 Å². The van der Waals surface area contributed by atoms with Crippen LogP contribution in [0.2, 0.25) is 0 Å². The molecule has 1 heterocycles. The van der Waals surface area contributed by atoms with Crippen LogP contribution in [0.5, 0.6) is 0 Å². The number of aromatic nitrogens is 2. The Morgan fingerprint density at radius 1 is 1.19 bits per heavy atom. The van der Waals surface area contributed by atoms with Gasteiger partial charge in [-0.1, -0.05) is 35.5 Å². The van der Waals surface area contributed by atoms with E-state index in [0.717, 1.165) is 5.56 Å². The van der Waals surface area contributed by atoms with Crippen LogP contribution >= 0.6 is 0 Å². The third kappa shape index (κ3) is 3.74. The number of amides is 1. The number of carbonyl (C=O) groups is 1. The van der Waals surface area contributed by atoms with Crippen LogP contribution in [0.1, 0.15) is 37.5 Å². The molecule has 1 aromatic heterocycles.